The predicted octanol–water partition coefficient (Wildman–Crippen LogP) is 2.69. The zero-order chi connectivity index (χ0) is 8.93. The molecule has 0 radical (unpaired) electrons. The van der Waals surface area contributed by atoms with E-state index in [9.17, 15) is 0 Å². The molecular weight excluding hydrogens is 182 g/mol. The van der Waals surface area contributed by atoms with Gasteiger partial charge >= 0.3 is 0 Å². The largest absolute Gasteiger partial charge is 0.268 e. The molecule has 3 nitrogen and oxygen atoms in total. The van der Waals surface area contributed by atoms with Gasteiger partial charge in [-0.3, -0.25) is 5.01 Å². The van der Waals surface area contributed by atoms with Crippen LogP contribution in [0, 0.1) is 0 Å². The van der Waals surface area contributed by atoms with Gasteiger partial charge in [0.1, 0.15) is 0 Å². The van der Waals surface area contributed by atoms with Crippen LogP contribution in [0.1, 0.15) is 0 Å². The van der Waals surface area contributed by atoms with E-state index in [0.717, 1.165) is 23.9 Å². The van der Waals surface area contributed by atoms with Gasteiger partial charge in [-0.05, 0) is 12.1 Å². The van der Waals surface area contributed by atoms with Gasteiger partial charge in [-0.1, -0.05) is 23.4 Å². The Morgan fingerprint density at radius 1 is 1.23 bits per heavy atom. The van der Waals surface area contributed by atoms with Gasteiger partial charge in [-0.25, -0.2) is 0 Å². The van der Waals surface area contributed by atoms with Crippen LogP contribution in [-0.2, 0) is 0 Å². The number of hydrogen-bond donors (Lipinski definition) is 0. The topological polar surface area (TPSA) is 28.0 Å². The molecule has 1 aromatic rings. The van der Waals surface area contributed by atoms with E-state index in [1.54, 1.807) is 0 Å². The molecule has 4 heteroatoms. The fraction of sp³-hybridized carbons (Fsp3) is 0.333. The fourth-order valence-electron chi connectivity index (χ4n) is 1.08. The van der Waals surface area contributed by atoms with Gasteiger partial charge in [0.25, 0.3) is 0 Å². The predicted molar refractivity (Wildman–Crippen MR) is 55.0 cm³/mol. The maximum atomic E-state index is 4.13. The van der Waals surface area contributed by atoms with Crippen molar-refractivity contribution >= 4 is 17.4 Å². The zero-order valence-corrected chi connectivity index (χ0v) is 8.07. The lowest BCUT2D eigenvalue weighted by Gasteiger charge is -2.05. The molecule has 0 N–H and O–H groups in total. The van der Waals surface area contributed by atoms with Gasteiger partial charge in [0.15, 0.2) is 0 Å². The maximum Gasteiger partial charge on any atom is 0.0874 e. The first-order valence-electron chi connectivity index (χ1n) is 4.24. The van der Waals surface area contributed by atoms with E-state index in [0.29, 0.717) is 0 Å². The SMILES string of the molecule is c1ccc(N=NN2CCSC2)cc1. The number of thioether (sulfide) groups is 1. The van der Waals surface area contributed by atoms with E-state index >= 15 is 0 Å². The molecule has 0 aromatic heterocycles. The van der Waals surface area contributed by atoms with Crippen LogP contribution in [0.2, 0.25) is 0 Å². The molecule has 1 aliphatic heterocycles. The van der Waals surface area contributed by atoms with Crippen LogP contribution in [0.25, 0.3) is 0 Å². The van der Waals surface area contributed by atoms with Gasteiger partial charge in [-0.15, -0.1) is 16.9 Å². The summed E-state index contributed by atoms with van der Waals surface area (Å²) < 4.78 is 0. The van der Waals surface area contributed by atoms with Crippen LogP contribution in [0.15, 0.2) is 40.7 Å². The molecule has 1 saturated heterocycles. The lowest BCUT2D eigenvalue weighted by Crippen LogP contribution is -2.09. The second-order valence-electron chi connectivity index (χ2n) is 2.79. The lowest BCUT2D eigenvalue weighted by molar-refractivity contribution is 0.354. The fourth-order valence-corrected chi connectivity index (χ4v) is 1.94. The van der Waals surface area contributed by atoms with Crippen LogP contribution in [0.3, 0.4) is 0 Å². The highest BCUT2D eigenvalue weighted by molar-refractivity contribution is 7.99. The van der Waals surface area contributed by atoms with E-state index in [2.05, 4.69) is 10.3 Å². The molecule has 2 rings (SSSR count). The summed E-state index contributed by atoms with van der Waals surface area (Å²) >= 11 is 1.89. The van der Waals surface area contributed by atoms with E-state index in [-0.39, 0.29) is 0 Å². The number of nitrogens with zero attached hydrogens (tertiary/aromatic N) is 3. The molecule has 0 spiro atoms. The molecule has 0 bridgehead atoms. The minimum absolute atomic E-state index is 0.916. The summed E-state index contributed by atoms with van der Waals surface area (Å²) in [6.07, 6.45) is 0. The van der Waals surface area contributed by atoms with Gasteiger partial charge in [-0.2, -0.15) is 0 Å². The second kappa shape index (κ2) is 4.28. The third kappa shape index (κ3) is 2.45. The van der Waals surface area contributed by atoms with Crippen LogP contribution in [-0.4, -0.2) is 23.2 Å². The highest BCUT2D eigenvalue weighted by Gasteiger charge is 2.08. The lowest BCUT2D eigenvalue weighted by atomic mass is 10.3. The summed E-state index contributed by atoms with van der Waals surface area (Å²) in [7, 11) is 0. The Bertz CT molecular complexity index is 280. The first kappa shape index (κ1) is 8.56. The first-order chi connectivity index (χ1) is 6.45. The Morgan fingerprint density at radius 3 is 2.77 bits per heavy atom. The molecule has 1 aliphatic rings. The summed E-state index contributed by atoms with van der Waals surface area (Å²) in [5.41, 5.74) is 0.916. The number of rotatable bonds is 2. The van der Waals surface area contributed by atoms with Crippen molar-refractivity contribution in [1.82, 2.24) is 5.01 Å². The molecule has 13 heavy (non-hydrogen) atoms. The van der Waals surface area contributed by atoms with E-state index < -0.39 is 0 Å². The van der Waals surface area contributed by atoms with Crippen molar-refractivity contribution in [1.29, 1.82) is 0 Å². The Morgan fingerprint density at radius 2 is 2.08 bits per heavy atom. The Balaban J connectivity index is 1.97. The average Bonchev–Trinajstić information content (AvgIpc) is 2.69. The van der Waals surface area contributed by atoms with Gasteiger partial charge in [0.05, 0.1) is 11.6 Å². The van der Waals surface area contributed by atoms with Crippen molar-refractivity contribution in [2.45, 2.75) is 0 Å². The molecular formula is C9H11N3S. The zero-order valence-electron chi connectivity index (χ0n) is 7.26. The molecule has 0 atom stereocenters. The molecule has 0 unspecified atom stereocenters. The molecule has 0 saturated carbocycles. The average molecular weight is 193 g/mol. The highest BCUT2D eigenvalue weighted by atomic mass is 32.2. The molecule has 1 aromatic carbocycles. The molecule has 0 amide bonds. The van der Waals surface area contributed by atoms with E-state index in [1.807, 2.05) is 47.1 Å². The minimum Gasteiger partial charge on any atom is -0.268 e. The Labute approximate surface area is 81.8 Å². The van der Waals surface area contributed by atoms with Crippen molar-refractivity contribution in [2.75, 3.05) is 18.2 Å². The summed E-state index contributed by atoms with van der Waals surface area (Å²) in [6, 6.07) is 9.81. The van der Waals surface area contributed by atoms with E-state index in [1.165, 1.54) is 0 Å². The number of benzene rings is 1. The molecule has 0 aliphatic carbocycles. The standard InChI is InChI=1S/C9H11N3S/c1-2-4-9(5-3-1)10-11-12-6-7-13-8-12/h1-5H,6-8H2. The Hall–Kier alpha value is -1.03. The van der Waals surface area contributed by atoms with Crippen molar-refractivity contribution < 1.29 is 0 Å². The van der Waals surface area contributed by atoms with Crippen LogP contribution < -0.4 is 0 Å². The van der Waals surface area contributed by atoms with Crippen molar-refractivity contribution in [3.8, 4) is 0 Å². The van der Waals surface area contributed by atoms with Crippen LogP contribution >= 0.6 is 11.8 Å². The monoisotopic (exact) mass is 193 g/mol. The van der Waals surface area contributed by atoms with Crippen molar-refractivity contribution in [2.24, 2.45) is 10.3 Å². The quantitative estimate of drug-likeness (QED) is 0.675. The van der Waals surface area contributed by atoms with Crippen LogP contribution in [0.4, 0.5) is 5.69 Å². The summed E-state index contributed by atoms with van der Waals surface area (Å²) in [5, 5.41) is 10.2. The van der Waals surface area contributed by atoms with Crippen molar-refractivity contribution in [3.63, 3.8) is 0 Å². The maximum absolute atomic E-state index is 4.13. The normalized spacial score (nSPS) is 17.1. The van der Waals surface area contributed by atoms with Crippen molar-refractivity contribution in [3.05, 3.63) is 30.3 Å². The second-order valence-corrected chi connectivity index (χ2v) is 3.87. The molecule has 68 valence electrons. The first-order valence-corrected chi connectivity index (χ1v) is 5.40. The third-order valence-electron chi connectivity index (χ3n) is 1.78. The number of hydrogen-bond acceptors (Lipinski definition) is 3. The van der Waals surface area contributed by atoms with Gasteiger partial charge in [0, 0.05) is 12.3 Å². The molecule has 1 fully saturated rings. The summed E-state index contributed by atoms with van der Waals surface area (Å²) in [4.78, 5) is 0. The Kier molecular flexibility index (Phi) is 2.82. The third-order valence-corrected chi connectivity index (χ3v) is 2.73. The van der Waals surface area contributed by atoms with E-state index in [4.69, 9.17) is 0 Å². The van der Waals surface area contributed by atoms with Gasteiger partial charge < -0.3 is 0 Å². The summed E-state index contributed by atoms with van der Waals surface area (Å²) in [5.74, 6) is 2.13. The van der Waals surface area contributed by atoms with Gasteiger partial charge in [0.2, 0.25) is 0 Å². The van der Waals surface area contributed by atoms with Crippen LogP contribution in [0.5, 0.6) is 0 Å². The smallest absolute Gasteiger partial charge is 0.0874 e. The minimum atomic E-state index is 0.916. The molecule has 1 heterocycles. The highest BCUT2D eigenvalue weighted by Crippen LogP contribution is 2.16. The summed E-state index contributed by atoms with van der Waals surface area (Å²) in [6.45, 7) is 1.01.